The van der Waals surface area contributed by atoms with Crippen molar-refractivity contribution in [3.8, 4) is 16.9 Å². The Labute approximate surface area is 167 Å². The van der Waals surface area contributed by atoms with Crippen LogP contribution >= 0.6 is 0 Å². The second-order valence-electron chi connectivity index (χ2n) is 6.63. The fourth-order valence-electron chi connectivity index (χ4n) is 3.24. The summed E-state index contributed by atoms with van der Waals surface area (Å²) >= 11 is 0. The highest BCUT2D eigenvalue weighted by molar-refractivity contribution is 7.90. The van der Waals surface area contributed by atoms with Gasteiger partial charge in [-0.1, -0.05) is 29.8 Å². The molecule has 0 saturated carbocycles. The van der Waals surface area contributed by atoms with E-state index in [4.69, 9.17) is 5.73 Å². The maximum atomic E-state index is 13.1. The van der Waals surface area contributed by atoms with E-state index in [1.807, 2.05) is 6.92 Å². The number of aryl methyl sites for hydroxylation is 1. The number of primary amides is 1. The van der Waals surface area contributed by atoms with Gasteiger partial charge in [0.25, 0.3) is 10.0 Å². The molecule has 2 aromatic heterocycles. The number of hydrogen-bond acceptors (Lipinski definition) is 5. The van der Waals surface area contributed by atoms with Crippen LogP contribution in [0.25, 0.3) is 22.2 Å². The van der Waals surface area contributed by atoms with Gasteiger partial charge in [0.15, 0.2) is 5.65 Å². The lowest BCUT2D eigenvalue weighted by atomic mass is 9.99. The van der Waals surface area contributed by atoms with Gasteiger partial charge >= 0.3 is 0 Å². The van der Waals surface area contributed by atoms with E-state index in [0.717, 1.165) is 9.54 Å². The van der Waals surface area contributed by atoms with Crippen molar-refractivity contribution in [2.75, 3.05) is 0 Å². The van der Waals surface area contributed by atoms with Gasteiger partial charge in [0.05, 0.1) is 10.5 Å². The van der Waals surface area contributed by atoms with Gasteiger partial charge in [-0.05, 0) is 42.8 Å². The van der Waals surface area contributed by atoms with E-state index < -0.39 is 15.9 Å². The molecule has 3 N–H and O–H groups in total. The lowest BCUT2D eigenvalue weighted by molar-refractivity contribution is 0.100. The number of pyridine rings is 1. The van der Waals surface area contributed by atoms with Gasteiger partial charge < -0.3 is 10.8 Å². The summed E-state index contributed by atoms with van der Waals surface area (Å²) in [5, 5.41) is 10.1. The molecule has 0 radical (unpaired) electrons. The molecule has 0 aliphatic heterocycles. The van der Waals surface area contributed by atoms with E-state index in [1.54, 1.807) is 24.3 Å². The number of benzene rings is 2. The number of phenolic OH excluding ortho intramolecular Hbond substituents is 1. The Morgan fingerprint density at radius 2 is 1.83 bits per heavy atom. The van der Waals surface area contributed by atoms with Crippen LogP contribution in [-0.4, -0.2) is 28.4 Å². The van der Waals surface area contributed by atoms with Crippen LogP contribution in [0.3, 0.4) is 0 Å². The van der Waals surface area contributed by atoms with Crippen LogP contribution in [0.4, 0.5) is 0 Å². The van der Waals surface area contributed by atoms with E-state index in [2.05, 4.69) is 4.98 Å². The van der Waals surface area contributed by atoms with Crippen molar-refractivity contribution >= 4 is 27.0 Å². The average molecular weight is 407 g/mol. The average Bonchev–Trinajstić information content (AvgIpc) is 3.12. The number of aromatic nitrogens is 2. The van der Waals surface area contributed by atoms with Crippen molar-refractivity contribution in [3.63, 3.8) is 0 Å². The van der Waals surface area contributed by atoms with E-state index in [-0.39, 0.29) is 21.9 Å². The molecule has 0 spiro atoms. The molecule has 4 rings (SSSR count). The predicted octanol–water partition coefficient (Wildman–Crippen LogP) is 3.05. The Bertz CT molecular complexity index is 1360. The number of rotatable bonds is 4. The maximum Gasteiger partial charge on any atom is 0.269 e. The fourth-order valence-corrected chi connectivity index (χ4v) is 4.54. The summed E-state index contributed by atoms with van der Waals surface area (Å²) < 4.78 is 27.2. The summed E-state index contributed by atoms with van der Waals surface area (Å²) in [4.78, 5) is 16.6. The zero-order valence-electron chi connectivity index (χ0n) is 15.4. The van der Waals surface area contributed by atoms with Gasteiger partial charge in [-0.15, -0.1) is 0 Å². The van der Waals surface area contributed by atoms with Crippen LogP contribution in [0.1, 0.15) is 15.9 Å². The van der Waals surface area contributed by atoms with E-state index in [9.17, 15) is 18.3 Å². The van der Waals surface area contributed by atoms with E-state index in [1.165, 1.54) is 42.7 Å². The maximum absolute atomic E-state index is 13.1. The van der Waals surface area contributed by atoms with Gasteiger partial charge in [-0.3, -0.25) is 4.79 Å². The van der Waals surface area contributed by atoms with Gasteiger partial charge in [-0.25, -0.2) is 17.4 Å². The number of carbonyl (C=O) groups is 1. The molecule has 0 saturated heterocycles. The number of nitrogens with two attached hydrogens (primary N) is 1. The Balaban J connectivity index is 1.96. The van der Waals surface area contributed by atoms with Crippen molar-refractivity contribution in [2.45, 2.75) is 11.8 Å². The van der Waals surface area contributed by atoms with Gasteiger partial charge in [-0.2, -0.15) is 0 Å². The molecule has 29 heavy (non-hydrogen) atoms. The first kappa shape index (κ1) is 18.7. The van der Waals surface area contributed by atoms with Crippen LogP contribution in [0.2, 0.25) is 0 Å². The fraction of sp³-hybridized carbons (Fsp3) is 0.0476. The summed E-state index contributed by atoms with van der Waals surface area (Å²) in [6.45, 7) is 1.87. The van der Waals surface area contributed by atoms with Gasteiger partial charge in [0.2, 0.25) is 5.91 Å². The number of aromatic hydroxyl groups is 1. The minimum Gasteiger partial charge on any atom is -0.508 e. The van der Waals surface area contributed by atoms with E-state index in [0.29, 0.717) is 16.5 Å². The Kier molecular flexibility index (Phi) is 4.35. The Morgan fingerprint density at radius 3 is 2.48 bits per heavy atom. The molecule has 7 nitrogen and oxygen atoms in total. The zero-order chi connectivity index (χ0) is 20.8. The number of phenols is 1. The Morgan fingerprint density at radius 1 is 1.10 bits per heavy atom. The van der Waals surface area contributed by atoms with Crippen LogP contribution in [0, 0.1) is 6.92 Å². The van der Waals surface area contributed by atoms with Crippen LogP contribution < -0.4 is 5.73 Å². The SMILES string of the molecule is Cc1ccc(S(=O)(=O)n2ccc3c(C(N)=O)c(-c4cccc(O)c4)cnc32)cc1. The highest BCUT2D eigenvalue weighted by Crippen LogP contribution is 2.32. The molecular formula is C21H17N3O4S. The molecule has 0 atom stereocenters. The van der Waals surface area contributed by atoms with Crippen LogP contribution in [0.15, 0.2) is 71.9 Å². The molecule has 0 aliphatic rings. The monoisotopic (exact) mass is 407 g/mol. The molecule has 0 bridgehead atoms. The van der Waals surface area contributed by atoms with Crippen LogP contribution in [-0.2, 0) is 10.0 Å². The summed E-state index contributed by atoms with van der Waals surface area (Å²) in [5.41, 5.74) is 7.74. The largest absolute Gasteiger partial charge is 0.508 e. The molecule has 2 heterocycles. The smallest absolute Gasteiger partial charge is 0.269 e. The molecule has 0 fully saturated rings. The Hall–Kier alpha value is -3.65. The minimum atomic E-state index is -3.90. The first-order chi connectivity index (χ1) is 13.8. The number of hydrogen-bond donors (Lipinski definition) is 2. The van der Waals surface area contributed by atoms with Crippen LogP contribution in [0.5, 0.6) is 5.75 Å². The molecule has 2 aromatic carbocycles. The van der Waals surface area contributed by atoms with Crippen molar-refractivity contribution in [3.05, 3.63) is 78.1 Å². The van der Waals surface area contributed by atoms with Crippen molar-refractivity contribution in [1.29, 1.82) is 0 Å². The van der Waals surface area contributed by atoms with Crippen molar-refractivity contribution in [1.82, 2.24) is 8.96 Å². The number of fused-ring (bicyclic) bond motifs is 1. The first-order valence-electron chi connectivity index (χ1n) is 8.70. The van der Waals surface area contributed by atoms with Crippen molar-refractivity contribution in [2.24, 2.45) is 5.73 Å². The molecule has 4 aromatic rings. The molecule has 0 unspecified atom stereocenters. The highest BCUT2D eigenvalue weighted by Gasteiger charge is 2.23. The lowest BCUT2D eigenvalue weighted by Gasteiger charge is -2.11. The highest BCUT2D eigenvalue weighted by atomic mass is 32.2. The summed E-state index contributed by atoms with van der Waals surface area (Å²) in [5.74, 6) is -0.696. The normalized spacial score (nSPS) is 11.6. The molecule has 0 aliphatic carbocycles. The molecular weight excluding hydrogens is 390 g/mol. The summed E-state index contributed by atoms with van der Waals surface area (Å²) in [6.07, 6.45) is 2.74. The van der Waals surface area contributed by atoms with Gasteiger partial charge in [0, 0.05) is 23.3 Å². The van der Waals surface area contributed by atoms with Crippen molar-refractivity contribution < 1.29 is 18.3 Å². The quantitative estimate of drug-likeness (QED) is 0.539. The predicted molar refractivity (Wildman–Crippen MR) is 109 cm³/mol. The second kappa shape index (κ2) is 6.75. The first-order valence-corrected chi connectivity index (χ1v) is 10.1. The molecule has 146 valence electrons. The third-order valence-corrected chi connectivity index (χ3v) is 6.34. The summed E-state index contributed by atoms with van der Waals surface area (Å²) in [7, 11) is -3.90. The third-order valence-electron chi connectivity index (χ3n) is 4.66. The number of amides is 1. The van der Waals surface area contributed by atoms with Gasteiger partial charge in [0.1, 0.15) is 5.75 Å². The molecule has 8 heteroatoms. The van der Waals surface area contributed by atoms with E-state index >= 15 is 0 Å². The minimum absolute atomic E-state index is 0.0255. The topological polar surface area (TPSA) is 115 Å². The standard InChI is InChI=1S/C21H17N3O4S/c1-13-5-7-16(8-6-13)29(27,28)24-10-9-17-19(20(22)26)18(12-23-21(17)24)14-3-2-4-15(25)11-14/h2-12,25H,1H3,(H2,22,26). The lowest BCUT2D eigenvalue weighted by Crippen LogP contribution is -2.15. The number of nitrogens with zero attached hydrogens (tertiary/aromatic N) is 2. The summed E-state index contributed by atoms with van der Waals surface area (Å²) in [6, 6.07) is 14.3. The third kappa shape index (κ3) is 3.13. The zero-order valence-corrected chi connectivity index (χ0v) is 16.2. The number of carbonyl (C=O) groups excluding carboxylic acids is 1. The second-order valence-corrected chi connectivity index (χ2v) is 8.44. The molecule has 1 amide bonds.